The van der Waals surface area contributed by atoms with E-state index < -0.39 is 18.0 Å². The monoisotopic (exact) mass is 288 g/mol. The van der Waals surface area contributed by atoms with Crippen molar-refractivity contribution < 1.29 is 23.8 Å². The number of carbonyl (C=O) groups excluding carboxylic acids is 2. The van der Waals surface area contributed by atoms with Crippen LogP contribution in [0, 0.1) is 11.8 Å². The Hall–Kier alpha value is -1.10. The smallest absolute Gasteiger partial charge is 0.335 e. The largest absolute Gasteiger partial charge is 0.465 e. The van der Waals surface area contributed by atoms with Crippen molar-refractivity contribution in [3.63, 3.8) is 0 Å². The van der Waals surface area contributed by atoms with E-state index >= 15 is 0 Å². The molecule has 1 atom stereocenters. The van der Waals surface area contributed by atoms with Crippen LogP contribution in [0.4, 0.5) is 0 Å². The highest BCUT2D eigenvalue weighted by molar-refractivity contribution is 5.81. The van der Waals surface area contributed by atoms with Crippen molar-refractivity contribution in [2.45, 2.75) is 53.6 Å². The van der Waals surface area contributed by atoms with Gasteiger partial charge in [-0.25, -0.2) is 4.79 Å². The molecule has 0 radical (unpaired) electrons. The first kappa shape index (κ1) is 18.9. The molecule has 0 rings (SSSR count). The maximum atomic E-state index is 11.9. The van der Waals surface area contributed by atoms with Crippen LogP contribution in [0.5, 0.6) is 0 Å². The van der Waals surface area contributed by atoms with Crippen LogP contribution in [0.1, 0.15) is 47.5 Å². The van der Waals surface area contributed by atoms with Gasteiger partial charge in [0.1, 0.15) is 0 Å². The van der Waals surface area contributed by atoms with Gasteiger partial charge in [0.25, 0.3) is 0 Å². The molecule has 0 aromatic heterocycles. The van der Waals surface area contributed by atoms with E-state index in [1.165, 1.54) is 0 Å². The van der Waals surface area contributed by atoms with Crippen LogP contribution in [-0.4, -0.2) is 37.9 Å². The Labute approximate surface area is 122 Å². The van der Waals surface area contributed by atoms with Gasteiger partial charge in [0.05, 0.1) is 19.6 Å². The summed E-state index contributed by atoms with van der Waals surface area (Å²) >= 11 is 0. The number of esters is 2. The van der Waals surface area contributed by atoms with Crippen LogP contribution >= 0.6 is 0 Å². The Bertz CT molecular complexity index is 286. The van der Waals surface area contributed by atoms with Gasteiger partial charge in [0.2, 0.25) is 0 Å². The third-order valence-electron chi connectivity index (χ3n) is 2.27. The Morgan fingerprint density at radius 3 is 2.00 bits per heavy atom. The Balaban J connectivity index is 4.31. The van der Waals surface area contributed by atoms with Gasteiger partial charge >= 0.3 is 11.9 Å². The van der Waals surface area contributed by atoms with Crippen molar-refractivity contribution >= 4 is 11.9 Å². The van der Waals surface area contributed by atoms with Gasteiger partial charge in [-0.3, -0.25) is 4.79 Å². The van der Waals surface area contributed by atoms with E-state index in [1.54, 1.807) is 0 Å². The number of rotatable bonds is 10. The van der Waals surface area contributed by atoms with Gasteiger partial charge < -0.3 is 14.2 Å². The standard InChI is InChI=1S/C15H28O5/c1-6-7-18-13(15(17)20-10-12(4)5)8-14(16)19-9-11(2)3/h11-13H,6-10H2,1-5H3. The average molecular weight is 288 g/mol. The zero-order valence-corrected chi connectivity index (χ0v) is 13.3. The number of hydrogen-bond donors (Lipinski definition) is 0. The molecule has 0 aromatic rings. The SMILES string of the molecule is CCCOC(CC(=O)OCC(C)C)C(=O)OCC(C)C. The summed E-state index contributed by atoms with van der Waals surface area (Å²) in [5.41, 5.74) is 0. The molecule has 0 N–H and O–H groups in total. The molecule has 0 amide bonds. The summed E-state index contributed by atoms with van der Waals surface area (Å²) in [5.74, 6) is -0.407. The quantitative estimate of drug-likeness (QED) is 0.578. The zero-order chi connectivity index (χ0) is 15.5. The molecule has 20 heavy (non-hydrogen) atoms. The maximum absolute atomic E-state index is 11.9. The lowest BCUT2D eigenvalue weighted by Crippen LogP contribution is -2.31. The minimum absolute atomic E-state index is 0.0936. The molecule has 0 bridgehead atoms. The molecule has 0 fully saturated rings. The maximum Gasteiger partial charge on any atom is 0.335 e. The molecule has 0 spiro atoms. The number of carbonyl (C=O) groups is 2. The van der Waals surface area contributed by atoms with Crippen LogP contribution < -0.4 is 0 Å². The van der Waals surface area contributed by atoms with Crippen molar-refractivity contribution in [1.82, 2.24) is 0 Å². The molecule has 118 valence electrons. The van der Waals surface area contributed by atoms with E-state index in [2.05, 4.69) is 0 Å². The second-order valence-corrected chi connectivity index (χ2v) is 5.66. The van der Waals surface area contributed by atoms with Gasteiger partial charge in [-0.05, 0) is 18.3 Å². The highest BCUT2D eigenvalue weighted by Gasteiger charge is 2.25. The Morgan fingerprint density at radius 1 is 0.950 bits per heavy atom. The number of hydrogen-bond acceptors (Lipinski definition) is 5. The summed E-state index contributed by atoms with van der Waals surface area (Å²) in [7, 11) is 0. The van der Waals surface area contributed by atoms with Crippen molar-refractivity contribution in [2.24, 2.45) is 11.8 Å². The fraction of sp³-hybridized carbons (Fsp3) is 0.867. The van der Waals surface area contributed by atoms with Crippen molar-refractivity contribution in [2.75, 3.05) is 19.8 Å². The predicted molar refractivity (Wildman–Crippen MR) is 76.2 cm³/mol. The number of ether oxygens (including phenoxy) is 3. The average Bonchev–Trinajstić information content (AvgIpc) is 2.38. The van der Waals surface area contributed by atoms with Crippen molar-refractivity contribution in [1.29, 1.82) is 0 Å². The van der Waals surface area contributed by atoms with Crippen LogP contribution in [0.2, 0.25) is 0 Å². The summed E-state index contributed by atoms with van der Waals surface area (Å²) in [6, 6.07) is 0. The van der Waals surface area contributed by atoms with Gasteiger partial charge in [0.15, 0.2) is 6.10 Å². The second kappa shape index (κ2) is 10.7. The molecule has 0 heterocycles. The van der Waals surface area contributed by atoms with Crippen LogP contribution in [0.15, 0.2) is 0 Å². The first-order chi connectivity index (χ1) is 9.36. The normalized spacial score (nSPS) is 12.6. The van der Waals surface area contributed by atoms with Gasteiger partial charge in [-0.2, -0.15) is 0 Å². The zero-order valence-electron chi connectivity index (χ0n) is 13.3. The molecular formula is C15H28O5. The molecule has 0 aliphatic rings. The molecular weight excluding hydrogens is 260 g/mol. The highest BCUT2D eigenvalue weighted by Crippen LogP contribution is 2.07. The molecule has 0 aliphatic heterocycles. The summed E-state index contributed by atoms with van der Waals surface area (Å²) in [5, 5.41) is 0. The lowest BCUT2D eigenvalue weighted by Gasteiger charge is -2.17. The highest BCUT2D eigenvalue weighted by atomic mass is 16.6. The minimum Gasteiger partial charge on any atom is -0.465 e. The van der Waals surface area contributed by atoms with Gasteiger partial charge in [0, 0.05) is 6.61 Å². The topological polar surface area (TPSA) is 61.8 Å². The summed E-state index contributed by atoms with van der Waals surface area (Å²) < 4.78 is 15.6. The van der Waals surface area contributed by atoms with E-state index in [0.717, 1.165) is 6.42 Å². The van der Waals surface area contributed by atoms with E-state index in [1.807, 2.05) is 34.6 Å². The van der Waals surface area contributed by atoms with Gasteiger partial charge in [-0.1, -0.05) is 34.6 Å². The van der Waals surface area contributed by atoms with Crippen LogP contribution in [0.25, 0.3) is 0 Å². The third-order valence-corrected chi connectivity index (χ3v) is 2.27. The second-order valence-electron chi connectivity index (χ2n) is 5.66. The lowest BCUT2D eigenvalue weighted by molar-refractivity contribution is -0.165. The first-order valence-electron chi connectivity index (χ1n) is 7.30. The first-order valence-corrected chi connectivity index (χ1v) is 7.30. The summed E-state index contributed by atoms with van der Waals surface area (Å²) in [6.45, 7) is 10.8. The van der Waals surface area contributed by atoms with Crippen LogP contribution in [-0.2, 0) is 23.8 Å². The molecule has 5 nitrogen and oxygen atoms in total. The van der Waals surface area contributed by atoms with E-state index in [4.69, 9.17) is 14.2 Å². The lowest BCUT2D eigenvalue weighted by atomic mass is 10.2. The van der Waals surface area contributed by atoms with Crippen molar-refractivity contribution in [3.05, 3.63) is 0 Å². The van der Waals surface area contributed by atoms with Crippen molar-refractivity contribution in [3.8, 4) is 0 Å². The Morgan fingerprint density at radius 2 is 1.50 bits per heavy atom. The molecule has 0 saturated heterocycles. The molecule has 5 heteroatoms. The summed E-state index contributed by atoms with van der Waals surface area (Å²) in [6.07, 6.45) is -0.188. The molecule has 1 unspecified atom stereocenters. The molecule has 0 aromatic carbocycles. The van der Waals surface area contributed by atoms with E-state index in [0.29, 0.717) is 19.8 Å². The molecule has 0 saturated carbocycles. The summed E-state index contributed by atoms with van der Waals surface area (Å²) in [4.78, 5) is 23.5. The van der Waals surface area contributed by atoms with Crippen LogP contribution in [0.3, 0.4) is 0 Å². The third kappa shape index (κ3) is 9.78. The Kier molecular flexibility index (Phi) is 10.1. The van der Waals surface area contributed by atoms with Gasteiger partial charge in [-0.15, -0.1) is 0 Å². The van der Waals surface area contributed by atoms with E-state index in [-0.39, 0.29) is 18.3 Å². The fourth-order valence-corrected chi connectivity index (χ4v) is 1.28. The molecule has 0 aliphatic carbocycles. The fourth-order valence-electron chi connectivity index (χ4n) is 1.28. The predicted octanol–water partition coefficient (Wildman–Crippen LogP) is 2.57. The van der Waals surface area contributed by atoms with E-state index in [9.17, 15) is 9.59 Å². The minimum atomic E-state index is -0.867.